The van der Waals surface area contributed by atoms with Crippen molar-refractivity contribution in [2.24, 2.45) is 5.73 Å². The standard InChI is InChI=1S/C17H26N2O5S.ClH/c1-23-15-8-7-14(11-16(15)24-2)25(21,22)10-9-17(20)19-13-5-3-12(18)4-6-13;/h7-8,11-13H,3-6,9-10,18H2,1-2H3,(H,19,20);1H. The third-order valence-electron chi connectivity index (χ3n) is 4.45. The van der Waals surface area contributed by atoms with Crippen LogP contribution in [-0.4, -0.2) is 46.4 Å². The Morgan fingerprint density at radius 3 is 2.35 bits per heavy atom. The van der Waals surface area contributed by atoms with Crippen molar-refractivity contribution >= 4 is 28.2 Å². The van der Waals surface area contributed by atoms with E-state index in [9.17, 15) is 13.2 Å². The first-order valence-corrected chi connectivity index (χ1v) is 10.0. The van der Waals surface area contributed by atoms with Crippen molar-refractivity contribution < 1.29 is 22.7 Å². The predicted octanol–water partition coefficient (Wildman–Crippen LogP) is 1.68. The fraction of sp³-hybridized carbons (Fsp3) is 0.588. The van der Waals surface area contributed by atoms with E-state index < -0.39 is 9.84 Å². The van der Waals surface area contributed by atoms with Crippen molar-refractivity contribution in [1.82, 2.24) is 5.32 Å². The Bertz CT molecular complexity index is 703. The van der Waals surface area contributed by atoms with Gasteiger partial charge in [-0.15, -0.1) is 12.4 Å². The lowest BCUT2D eigenvalue weighted by molar-refractivity contribution is -0.121. The lowest BCUT2D eigenvalue weighted by Crippen LogP contribution is -2.40. The van der Waals surface area contributed by atoms with Gasteiger partial charge in [-0.05, 0) is 37.8 Å². The van der Waals surface area contributed by atoms with Crippen LogP contribution < -0.4 is 20.5 Å². The average Bonchev–Trinajstić information content (AvgIpc) is 2.61. The molecule has 1 aromatic carbocycles. The molecule has 9 heteroatoms. The van der Waals surface area contributed by atoms with Gasteiger partial charge in [0.05, 0.1) is 24.9 Å². The summed E-state index contributed by atoms with van der Waals surface area (Å²) >= 11 is 0. The lowest BCUT2D eigenvalue weighted by atomic mass is 9.92. The summed E-state index contributed by atoms with van der Waals surface area (Å²) in [6.45, 7) is 0. The Labute approximate surface area is 160 Å². The number of amides is 1. The second kappa shape index (κ2) is 9.99. The van der Waals surface area contributed by atoms with Gasteiger partial charge in [0.1, 0.15) is 0 Å². The number of methoxy groups -OCH3 is 2. The van der Waals surface area contributed by atoms with Crippen LogP contribution in [0, 0.1) is 0 Å². The number of carbonyl (C=O) groups is 1. The quantitative estimate of drug-likeness (QED) is 0.713. The molecule has 148 valence electrons. The van der Waals surface area contributed by atoms with Crippen LogP contribution in [0.3, 0.4) is 0 Å². The summed E-state index contributed by atoms with van der Waals surface area (Å²) in [6.07, 6.45) is 3.38. The van der Waals surface area contributed by atoms with Gasteiger partial charge in [-0.2, -0.15) is 0 Å². The first-order chi connectivity index (χ1) is 11.9. The summed E-state index contributed by atoms with van der Waals surface area (Å²) < 4.78 is 35.1. The van der Waals surface area contributed by atoms with E-state index in [-0.39, 0.29) is 47.5 Å². The van der Waals surface area contributed by atoms with Crippen LogP contribution >= 0.6 is 12.4 Å². The molecule has 26 heavy (non-hydrogen) atoms. The number of benzene rings is 1. The molecule has 0 aliphatic heterocycles. The van der Waals surface area contributed by atoms with Crippen LogP contribution in [-0.2, 0) is 14.6 Å². The zero-order chi connectivity index (χ0) is 18.4. The minimum Gasteiger partial charge on any atom is -0.493 e. The smallest absolute Gasteiger partial charge is 0.221 e. The van der Waals surface area contributed by atoms with Crippen LogP contribution in [0.4, 0.5) is 0 Å². The van der Waals surface area contributed by atoms with Crippen molar-refractivity contribution in [3.8, 4) is 11.5 Å². The number of hydrogen-bond donors (Lipinski definition) is 2. The molecule has 0 unspecified atom stereocenters. The number of rotatable bonds is 7. The van der Waals surface area contributed by atoms with Gasteiger partial charge in [0.25, 0.3) is 0 Å². The molecule has 1 aliphatic carbocycles. The molecule has 1 aliphatic rings. The predicted molar refractivity (Wildman–Crippen MR) is 102 cm³/mol. The molecule has 1 amide bonds. The molecular formula is C17H27ClN2O5S. The van der Waals surface area contributed by atoms with E-state index >= 15 is 0 Å². The molecule has 0 radical (unpaired) electrons. The Hall–Kier alpha value is -1.51. The molecule has 3 N–H and O–H groups in total. The van der Waals surface area contributed by atoms with Crippen molar-refractivity contribution in [3.63, 3.8) is 0 Å². The highest BCUT2D eigenvalue weighted by atomic mass is 35.5. The number of halogens is 1. The lowest BCUT2D eigenvalue weighted by Gasteiger charge is -2.26. The topological polar surface area (TPSA) is 108 Å². The van der Waals surface area contributed by atoms with Gasteiger partial charge >= 0.3 is 0 Å². The van der Waals surface area contributed by atoms with E-state index in [2.05, 4.69) is 5.32 Å². The molecule has 1 aromatic rings. The fourth-order valence-corrected chi connectivity index (χ4v) is 4.17. The van der Waals surface area contributed by atoms with Gasteiger partial charge in [0.2, 0.25) is 5.91 Å². The van der Waals surface area contributed by atoms with Gasteiger partial charge in [0, 0.05) is 24.6 Å². The summed E-state index contributed by atoms with van der Waals surface area (Å²) in [6, 6.07) is 4.71. The highest BCUT2D eigenvalue weighted by molar-refractivity contribution is 7.91. The number of hydrogen-bond acceptors (Lipinski definition) is 6. The summed E-state index contributed by atoms with van der Waals surface area (Å²) in [5.41, 5.74) is 5.84. The van der Waals surface area contributed by atoms with E-state index in [0.717, 1.165) is 25.7 Å². The molecule has 0 bridgehead atoms. The van der Waals surface area contributed by atoms with Gasteiger partial charge in [-0.1, -0.05) is 0 Å². The van der Waals surface area contributed by atoms with Crippen LogP contribution in [0.2, 0.25) is 0 Å². The number of sulfone groups is 1. The first-order valence-electron chi connectivity index (χ1n) is 8.35. The van der Waals surface area contributed by atoms with E-state index in [4.69, 9.17) is 15.2 Å². The molecule has 0 aromatic heterocycles. The molecule has 7 nitrogen and oxygen atoms in total. The maximum absolute atomic E-state index is 12.4. The van der Waals surface area contributed by atoms with Crippen molar-refractivity contribution in [1.29, 1.82) is 0 Å². The van der Waals surface area contributed by atoms with Gasteiger partial charge in [-0.3, -0.25) is 4.79 Å². The van der Waals surface area contributed by atoms with Crippen molar-refractivity contribution in [2.75, 3.05) is 20.0 Å². The van der Waals surface area contributed by atoms with E-state index in [1.54, 1.807) is 0 Å². The Morgan fingerprint density at radius 1 is 1.15 bits per heavy atom. The zero-order valence-electron chi connectivity index (χ0n) is 15.1. The highest BCUT2D eigenvalue weighted by Crippen LogP contribution is 2.30. The molecule has 0 atom stereocenters. The second-order valence-corrected chi connectivity index (χ2v) is 8.37. The Balaban J connectivity index is 0.00000338. The third-order valence-corrected chi connectivity index (χ3v) is 6.16. The maximum atomic E-state index is 12.4. The van der Waals surface area contributed by atoms with Crippen LogP contribution in [0.25, 0.3) is 0 Å². The first kappa shape index (κ1) is 22.5. The molecule has 0 heterocycles. The third kappa shape index (κ3) is 6.03. The number of nitrogens with two attached hydrogens (primary N) is 1. The monoisotopic (exact) mass is 406 g/mol. The normalized spacial score (nSPS) is 20.0. The van der Waals surface area contributed by atoms with Crippen molar-refractivity contribution in [3.05, 3.63) is 18.2 Å². The molecular weight excluding hydrogens is 380 g/mol. The molecule has 2 rings (SSSR count). The molecule has 0 spiro atoms. The highest BCUT2D eigenvalue weighted by Gasteiger charge is 2.22. The summed E-state index contributed by atoms with van der Waals surface area (Å²) in [5, 5.41) is 2.90. The minimum absolute atomic E-state index is 0. The Kier molecular flexibility index (Phi) is 8.66. The largest absolute Gasteiger partial charge is 0.493 e. The molecule has 0 saturated heterocycles. The second-order valence-electron chi connectivity index (χ2n) is 6.26. The van der Waals surface area contributed by atoms with Crippen LogP contribution in [0.15, 0.2) is 23.1 Å². The van der Waals surface area contributed by atoms with E-state index in [1.807, 2.05) is 0 Å². The number of carbonyl (C=O) groups excluding carboxylic acids is 1. The van der Waals surface area contributed by atoms with Gasteiger partial charge < -0.3 is 20.5 Å². The van der Waals surface area contributed by atoms with E-state index in [1.165, 1.54) is 32.4 Å². The molecule has 1 fully saturated rings. The zero-order valence-corrected chi connectivity index (χ0v) is 16.7. The number of nitrogens with one attached hydrogen (secondary N) is 1. The minimum atomic E-state index is -3.58. The van der Waals surface area contributed by atoms with Gasteiger partial charge in [0.15, 0.2) is 21.3 Å². The SMILES string of the molecule is COc1ccc(S(=O)(=O)CCC(=O)NC2CCC(N)CC2)cc1OC.Cl. The summed E-state index contributed by atoms with van der Waals surface area (Å²) in [7, 11) is -0.656. The summed E-state index contributed by atoms with van der Waals surface area (Å²) in [4.78, 5) is 12.2. The van der Waals surface area contributed by atoms with Crippen molar-refractivity contribution in [2.45, 2.75) is 49.1 Å². The fourth-order valence-electron chi connectivity index (χ4n) is 2.92. The van der Waals surface area contributed by atoms with Crippen LogP contribution in [0.5, 0.6) is 11.5 Å². The van der Waals surface area contributed by atoms with E-state index in [0.29, 0.717) is 11.5 Å². The maximum Gasteiger partial charge on any atom is 0.221 e. The molecule has 1 saturated carbocycles. The summed E-state index contributed by atoms with van der Waals surface area (Å²) in [5.74, 6) is 0.298. The number of ether oxygens (including phenoxy) is 2. The van der Waals surface area contributed by atoms with Crippen LogP contribution in [0.1, 0.15) is 32.1 Å². The van der Waals surface area contributed by atoms with Gasteiger partial charge in [-0.25, -0.2) is 8.42 Å². The average molecular weight is 407 g/mol. The Morgan fingerprint density at radius 2 is 1.77 bits per heavy atom.